The minimum Gasteiger partial charge on any atom is -0.456 e. The van der Waals surface area contributed by atoms with E-state index < -0.39 is 0 Å². The van der Waals surface area contributed by atoms with Crippen molar-refractivity contribution in [3.63, 3.8) is 0 Å². The van der Waals surface area contributed by atoms with E-state index in [4.69, 9.17) is 8.83 Å². The Morgan fingerprint density at radius 3 is 1.56 bits per heavy atom. The number of allylic oxidation sites excluding steroid dienone is 1. The van der Waals surface area contributed by atoms with Crippen LogP contribution in [0.5, 0.6) is 0 Å². The van der Waals surface area contributed by atoms with Crippen LogP contribution >= 0.6 is 0 Å². The molecule has 0 unspecified atom stereocenters. The molecule has 15 aromatic rings. The van der Waals surface area contributed by atoms with Crippen LogP contribution in [0.4, 0.5) is 0 Å². The summed E-state index contributed by atoms with van der Waals surface area (Å²) in [7, 11) is 0. The zero-order valence-corrected chi connectivity index (χ0v) is 40.0. The Labute approximate surface area is 407 Å². The van der Waals surface area contributed by atoms with Gasteiger partial charge in [-0.2, -0.15) is 0 Å². The van der Waals surface area contributed by atoms with Gasteiger partial charge in [-0.05, 0) is 118 Å². The van der Waals surface area contributed by atoms with Gasteiger partial charge in [0.1, 0.15) is 22.5 Å². The standard InChI is InChI=1S/C67H44N2O2/c1-7-35(65-36(8-2)50-28-56-49(31-62(50)71-65)43-20-14-19-42-48-30-61-51(29-57(48)68(56)64(42)43)39-16-10-12-22-60(39)70-61)34-23-24-38-45-27-47-41-18-13-17-40-46-26-44-37-15-9-11-21-52(37)66(3,4)54(44)32-58(46)69(63(40)41)59(47)33-55(45)67(5,6)53(38)25-34/h7-33H,2H2,1,3-6H3/b35-7-. The normalized spacial score (nSPS) is 15.2. The minimum absolute atomic E-state index is 0.0800. The van der Waals surface area contributed by atoms with Crippen LogP contribution in [-0.2, 0) is 10.8 Å². The summed E-state index contributed by atoms with van der Waals surface area (Å²) >= 11 is 0. The van der Waals surface area contributed by atoms with Gasteiger partial charge in [-0.25, -0.2) is 0 Å². The molecule has 2 aliphatic rings. The van der Waals surface area contributed by atoms with Crippen molar-refractivity contribution in [1.29, 1.82) is 0 Å². The molecule has 0 atom stereocenters. The largest absolute Gasteiger partial charge is 0.456 e. The Morgan fingerprint density at radius 1 is 0.423 bits per heavy atom. The molecule has 2 aliphatic carbocycles. The zero-order valence-electron chi connectivity index (χ0n) is 40.0. The van der Waals surface area contributed by atoms with E-state index in [1.807, 2.05) is 12.1 Å². The maximum absolute atomic E-state index is 7.05. The minimum atomic E-state index is -0.251. The molecule has 9 aromatic carbocycles. The summed E-state index contributed by atoms with van der Waals surface area (Å²) in [5.74, 6) is 0.841. The third-order valence-electron chi connectivity index (χ3n) is 17.5. The molecule has 0 radical (unpaired) electrons. The van der Waals surface area contributed by atoms with E-state index in [2.05, 4.69) is 202 Å². The summed E-state index contributed by atoms with van der Waals surface area (Å²) < 4.78 is 18.5. The van der Waals surface area contributed by atoms with E-state index in [0.717, 1.165) is 60.9 Å². The molecule has 334 valence electrons. The number of benzene rings is 9. The van der Waals surface area contributed by atoms with Crippen molar-refractivity contribution in [3.05, 3.63) is 203 Å². The summed E-state index contributed by atoms with van der Waals surface area (Å²) in [6.45, 7) is 16.1. The van der Waals surface area contributed by atoms with Gasteiger partial charge in [-0.3, -0.25) is 0 Å². The van der Waals surface area contributed by atoms with Crippen LogP contribution < -0.4 is 0 Å². The van der Waals surface area contributed by atoms with Gasteiger partial charge in [0.05, 0.1) is 33.1 Å². The molecule has 0 bridgehead atoms. The second-order valence-electron chi connectivity index (χ2n) is 21.5. The summed E-state index contributed by atoms with van der Waals surface area (Å²) in [5.41, 5.74) is 23.8. The van der Waals surface area contributed by atoms with Crippen LogP contribution in [0.25, 0.3) is 143 Å². The van der Waals surface area contributed by atoms with Crippen LogP contribution in [0.1, 0.15) is 73.8 Å². The number of aromatic nitrogens is 2. The molecule has 4 heteroatoms. The fraction of sp³-hybridized carbons (Fsp3) is 0.104. The molecule has 6 aromatic heterocycles. The smallest absolute Gasteiger partial charge is 0.142 e. The lowest BCUT2D eigenvalue weighted by atomic mass is 9.81. The highest BCUT2D eigenvalue weighted by atomic mass is 16.3. The number of fused-ring (bicyclic) bond motifs is 22. The van der Waals surface area contributed by atoms with Crippen molar-refractivity contribution in [1.82, 2.24) is 8.80 Å². The Kier molecular flexibility index (Phi) is 6.68. The van der Waals surface area contributed by atoms with Crippen molar-refractivity contribution in [2.75, 3.05) is 0 Å². The van der Waals surface area contributed by atoms with Crippen molar-refractivity contribution in [2.24, 2.45) is 0 Å². The lowest BCUT2D eigenvalue weighted by Crippen LogP contribution is -2.15. The van der Waals surface area contributed by atoms with Gasteiger partial charge >= 0.3 is 0 Å². The van der Waals surface area contributed by atoms with E-state index in [9.17, 15) is 0 Å². The van der Waals surface area contributed by atoms with E-state index in [-0.39, 0.29) is 10.8 Å². The van der Waals surface area contributed by atoms with E-state index in [1.54, 1.807) is 0 Å². The fourth-order valence-electron chi connectivity index (χ4n) is 14.2. The van der Waals surface area contributed by atoms with Crippen molar-refractivity contribution in [3.8, 4) is 22.3 Å². The maximum Gasteiger partial charge on any atom is 0.142 e. The summed E-state index contributed by atoms with van der Waals surface area (Å²) in [5, 5.41) is 13.4. The van der Waals surface area contributed by atoms with E-state index in [0.29, 0.717) is 0 Å². The number of furan rings is 2. The molecular weight excluding hydrogens is 865 g/mol. The van der Waals surface area contributed by atoms with Gasteiger partial charge in [0, 0.05) is 81.2 Å². The van der Waals surface area contributed by atoms with Crippen molar-refractivity contribution >= 4 is 121 Å². The van der Waals surface area contributed by atoms with Gasteiger partial charge < -0.3 is 17.6 Å². The van der Waals surface area contributed by atoms with Crippen LogP contribution in [0.3, 0.4) is 0 Å². The molecule has 0 amide bonds. The first kappa shape index (κ1) is 38.3. The number of para-hydroxylation sites is 3. The summed E-state index contributed by atoms with van der Waals surface area (Å²) in [4.78, 5) is 0. The predicted molar refractivity (Wildman–Crippen MR) is 297 cm³/mol. The second-order valence-corrected chi connectivity index (χ2v) is 21.5. The molecule has 0 N–H and O–H groups in total. The molecule has 0 saturated carbocycles. The molecule has 71 heavy (non-hydrogen) atoms. The van der Waals surface area contributed by atoms with E-state index >= 15 is 0 Å². The third-order valence-corrected chi connectivity index (χ3v) is 17.5. The van der Waals surface area contributed by atoms with Crippen LogP contribution in [-0.4, -0.2) is 8.80 Å². The number of hydrogen-bond donors (Lipinski definition) is 0. The predicted octanol–water partition coefficient (Wildman–Crippen LogP) is 18.3. The number of rotatable bonds is 3. The Balaban J connectivity index is 0.820. The first-order valence-electron chi connectivity index (χ1n) is 25.0. The number of hydrogen-bond acceptors (Lipinski definition) is 2. The van der Waals surface area contributed by atoms with Gasteiger partial charge in [0.15, 0.2) is 0 Å². The van der Waals surface area contributed by atoms with Gasteiger partial charge in [0.25, 0.3) is 0 Å². The van der Waals surface area contributed by atoms with E-state index in [1.165, 1.54) is 115 Å². The highest BCUT2D eigenvalue weighted by Gasteiger charge is 2.39. The Bertz CT molecular complexity index is 5010. The monoisotopic (exact) mass is 908 g/mol. The van der Waals surface area contributed by atoms with Crippen LogP contribution in [0.15, 0.2) is 173 Å². The molecule has 0 fully saturated rings. The quantitative estimate of drug-likeness (QED) is 0.177. The maximum atomic E-state index is 7.05. The Hall–Kier alpha value is -8.60. The fourth-order valence-corrected chi connectivity index (χ4v) is 14.2. The van der Waals surface area contributed by atoms with Gasteiger partial charge in [-0.1, -0.05) is 137 Å². The molecule has 17 rings (SSSR count). The first-order valence-corrected chi connectivity index (χ1v) is 25.0. The molecule has 0 spiro atoms. The van der Waals surface area contributed by atoms with Gasteiger partial charge in [0.2, 0.25) is 0 Å². The highest BCUT2D eigenvalue weighted by molar-refractivity contribution is 6.27. The second kappa shape index (κ2) is 12.4. The van der Waals surface area contributed by atoms with Crippen LogP contribution in [0, 0.1) is 0 Å². The first-order chi connectivity index (χ1) is 34.6. The molecular formula is C67H44N2O2. The summed E-state index contributed by atoms with van der Waals surface area (Å²) in [6.07, 6.45) is 4.19. The lowest BCUT2D eigenvalue weighted by molar-refractivity contribution is 0.599. The van der Waals surface area contributed by atoms with Gasteiger partial charge in [-0.15, -0.1) is 0 Å². The Morgan fingerprint density at radius 2 is 0.930 bits per heavy atom. The molecule has 0 saturated heterocycles. The van der Waals surface area contributed by atoms with Crippen molar-refractivity contribution < 1.29 is 8.83 Å². The van der Waals surface area contributed by atoms with Crippen LogP contribution in [0.2, 0.25) is 0 Å². The molecule has 0 aliphatic heterocycles. The average molecular weight is 909 g/mol. The average Bonchev–Trinajstić information content (AvgIpc) is 4.27. The third kappa shape index (κ3) is 4.38. The SMILES string of the molecule is C=Cc1c(/C(=C\C)c2ccc3c(c2)C(C)(C)c2cc4c(cc2-3)c2cccc3c5cc6c(cc5n4c32)C(C)(C)c2ccccc2-6)oc2cc3c4cccc5c6cc7oc8ccccc8c7cc6n(c3cc12)c45. The highest BCUT2D eigenvalue weighted by Crippen LogP contribution is 2.55. The summed E-state index contributed by atoms with van der Waals surface area (Å²) in [6, 6.07) is 57.0. The lowest BCUT2D eigenvalue weighted by Gasteiger charge is -2.22. The zero-order chi connectivity index (χ0) is 47.1. The molecule has 4 nitrogen and oxygen atoms in total. The number of nitrogens with zero attached hydrogens (tertiary/aromatic N) is 2. The molecule has 6 heterocycles. The topological polar surface area (TPSA) is 35.1 Å². The van der Waals surface area contributed by atoms with Crippen molar-refractivity contribution in [2.45, 2.75) is 45.4 Å².